The van der Waals surface area contributed by atoms with Gasteiger partial charge in [0.15, 0.2) is 0 Å². The molecule has 0 aromatic heterocycles. The van der Waals surface area contributed by atoms with E-state index in [0.29, 0.717) is 5.56 Å². The summed E-state index contributed by atoms with van der Waals surface area (Å²) in [4.78, 5) is 11.7. The first-order chi connectivity index (χ1) is 9.75. The minimum Gasteiger partial charge on any atom is -0.267 e. The number of nitrogens with one attached hydrogen (secondary N) is 1. The van der Waals surface area contributed by atoms with E-state index in [2.05, 4.69) is 38.6 Å². The van der Waals surface area contributed by atoms with Crippen LogP contribution in [0.15, 0.2) is 64.2 Å². The average molecular weight is 331 g/mol. The van der Waals surface area contributed by atoms with E-state index in [1.807, 2.05) is 30.3 Å². The van der Waals surface area contributed by atoms with E-state index in [-0.39, 0.29) is 5.91 Å². The Hall–Kier alpha value is -1.94. The molecule has 2 aromatic rings. The molecule has 0 heterocycles. The number of hydrazone groups is 1. The molecule has 20 heavy (non-hydrogen) atoms. The molecular weight excluding hydrogens is 316 g/mol. The third-order valence-corrected chi connectivity index (χ3v) is 3.30. The average Bonchev–Trinajstić information content (AvgIpc) is 2.48. The van der Waals surface area contributed by atoms with E-state index in [1.54, 1.807) is 18.3 Å². The van der Waals surface area contributed by atoms with Gasteiger partial charge in [-0.3, -0.25) is 4.79 Å². The molecule has 0 atom stereocenters. The molecule has 3 nitrogen and oxygen atoms in total. The molecule has 0 fully saturated rings. The second-order valence-electron chi connectivity index (χ2n) is 4.28. The molecule has 0 saturated carbocycles. The molecule has 0 aliphatic rings. The molecule has 0 spiro atoms. The van der Waals surface area contributed by atoms with Gasteiger partial charge < -0.3 is 0 Å². The monoisotopic (exact) mass is 330 g/mol. The third kappa shape index (κ3) is 4.63. The summed E-state index contributed by atoms with van der Waals surface area (Å²) in [6.07, 6.45) is 3.44. The van der Waals surface area contributed by atoms with E-state index in [9.17, 15) is 4.79 Å². The van der Waals surface area contributed by atoms with Crippen LogP contribution in [0.5, 0.6) is 0 Å². The van der Waals surface area contributed by atoms with Crippen molar-refractivity contribution in [2.24, 2.45) is 5.10 Å². The first-order valence-corrected chi connectivity index (χ1v) is 7.16. The highest BCUT2D eigenvalue weighted by Gasteiger charge is 2.02. The number of aryl methyl sites for hydroxylation is 1. The van der Waals surface area contributed by atoms with E-state index < -0.39 is 0 Å². The van der Waals surface area contributed by atoms with Crippen LogP contribution < -0.4 is 5.43 Å². The Bertz CT molecular complexity index is 579. The number of nitrogens with zero attached hydrogens (tertiary/aromatic N) is 1. The van der Waals surface area contributed by atoms with Gasteiger partial charge in [-0.15, -0.1) is 0 Å². The zero-order chi connectivity index (χ0) is 14.2. The predicted octanol–water partition coefficient (Wildman–Crippen LogP) is 3.80. The van der Waals surface area contributed by atoms with Crippen LogP contribution in [0.25, 0.3) is 0 Å². The highest BCUT2D eigenvalue weighted by atomic mass is 79.9. The zero-order valence-corrected chi connectivity index (χ0v) is 12.5. The summed E-state index contributed by atoms with van der Waals surface area (Å²) in [5.41, 5.74) is 4.37. The van der Waals surface area contributed by atoms with Crippen molar-refractivity contribution in [3.8, 4) is 0 Å². The van der Waals surface area contributed by atoms with Gasteiger partial charge in [-0.25, -0.2) is 5.43 Å². The van der Waals surface area contributed by atoms with Gasteiger partial charge in [-0.2, -0.15) is 5.10 Å². The normalized spacial score (nSPS) is 10.7. The highest BCUT2D eigenvalue weighted by molar-refractivity contribution is 9.10. The summed E-state index contributed by atoms with van der Waals surface area (Å²) in [7, 11) is 0. The fraction of sp³-hybridized carbons (Fsp3) is 0.125. The van der Waals surface area contributed by atoms with Crippen molar-refractivity contribution in [2.45, 2.75) is 12.8 Å². The molecule has 0 bridgehead atoms. The molecule has 1 amide bonds. The Kier molecular flexibility index (Phi) is 5.50. The van der Waals surface area contributed by atoms with Crippen LogP contribution in [0.1, 0.15) is 22.3 Å². The van der Waals surface area contributed by atoms with E-state index in [4.69, 9.17) is 0 Å². The summed E-state index contributed by atoms with van der Waals surface area (Å²) in [6, 6.07) is 17.3. The molecule has 4 heteroatoms. The van der Waals surface area contributed by atoms with Crippen molar-refractivity contribution in [1.29, 1.82) is 0 Å². The fourth-order valence-electron chi connectivity index (χ4n) is 1.71. The summed E-state index contributed by atoms with van der Waals surface area (Å²) in [5.74, 6) is -0.200. The van der Waals surface area contributed by atoms with E-state index in [0.717, 1.165) is 17.3 Å². The maximum Gasteiger partial charge on any atom is 0.271 e. The van der Waals surface area contributed by atoms with Crippen molar-refractivity contribution >= 4 is 28.1 Å². The Morgan fingerprint density at radius 2 is 1.80 bits per heavy atom. The van der Waals surface area contributed by atoms with Crippen molar-refractivity contribution in [1.82, 2.24) is 5.43 Å². The molecule has 0 radical (unpaired) electrons. The van der Waals surface area contributed by atoms with Crippen LogP contribution in [0.4, 0.5) is 0 Å². The van der Waals surface area contributed by atoms with Gasteiger partial charge in [0, 0.05) is 16.3 Å². The van der Waals surface area contributed by atoms with Crippen LogP contribution in [0.3, 0.4) is 0 Å². The standard InChI is InChI=1S/C16H15BrN2O/c17-15-10-8-14(9-11-15)16(20)19-18-12-4-7-13-5-2-1-3-6-13/h1-3,5-6,8-12H,4,7H2,(H,19,20)/b18-12+. The first-order valence-electron chi connectivity index (χ1n) is 6.37. The molecule has 102 valence electrons. The lowest BCUT2D eigenvalue weighted by Crippen LogP contribution is -2.17. The summed E-state index contributed by atoms with van der Waals surface area (Å²) in [5, 5.41) is 3.95. The first kappa shape index (κ1) is 14.5. The van der Waals surface area contributed by atoms with E-state index >= 15 is 0 Å². The van der Waals surface area contributed by atoms with Crippen LogP contribution in [0.2, 0.25) is 0 Å². The van der Waals surface area contributed by atoms with Crippen molar-refractivity contribution in [3.05, 3.63) is 70.2 Å². The van der Waals surface area contributed by atoms with Crippen LogP contribution >= 0.6 is 15.9 Å². The number of hydrogen-bond acceptors (Lipinski definition) is 2. The lowest BCUT2D eigenvalue weighted by Gasteiger charge is -2.00. The quantitative estimate of drug-likeness (QED) is 0.657. The van der Waals surface area contributed by atoms with Crippen LogP contribution in [-0.2, 0) is 6.42 Å². The number of rotatable bonds is 5. The lowest BCUT2D eigenvalue weighted by molar-refractivity contribution is 0.0955. The van der Waals surface area contributed by atoms with E-state index in [1.165, 1.54) is 5.56 Å². The smallest absolute Gasteiger partial charge is 0.267 e. The SMILES string of the molecule is O=C(N/N=C/CCc1ccccc1)c1ccc(Br)cc1. The summed E-state index contributed by atoms with van der Waals surface area (Å²) in [6.45, 7) is 0. The van der Waals surface area contributed by atoms with Gasteiger partial charge in [0.25, 0.3) is 5.91 Å². The topological polar surface area (TPSA) is 41.5 Å². The Morgan fingerprint density at radius 1 is 1.10 bits per heavy atom. The molecule has 2 rings (SSSR count). The minimum absolute atomic E-state index is 0.200. The van der Waals surface area contributed by atoms with Gasteiger partial charge in [0.05, 0.1) is 0 Å². The number of benzene rings is 2. The Balaban J connectivity index is 1.76. The minimum atomic E-state index is -0.200. The lowest BCUT2D eigenvalue weighted by atomic mass is 10.1. The molecule has 1 N–H and O–H groups in total. The molecule has 0 unspecified atom stereocenters. The molecule has 0 saturated heterocycles. The second kappa shape index (κ2) is 7.60. The zero-order valence-electron chi connectivity index (χ0n) is 10.9. The predicted molar refractivity (Wildman–Crippen MR) is 84.9 cm³/mol. The van der Waals surface area contributed by atoms with Crippen molar-refractivity contribution in [2.75, 3.05) is 0 Å². The number of carbonyl (C=O) groups is 1. The van der Waals surface area contributed by atoms with Crippen LogP contribution in [0, 0.1) is 0 Å². The largest absolute Gasteiger partial charge is 0.271 e. The molecule has 0 aliphatic carbocycles. The second-order valence-corrected chi connectivity index (χ2v) is 5.20. The number of carbonyl (C=O) groups excluding carboxylic acids is 1. The molecule has 0 aliphatic heterocycles. The Morgan fingerprint density at radius 3 is 2.50 bits per heavy atom. The third-order valence-electron chi connectivity index (χ3n) is 2.77. The summed E-state index contributed by atoms with van der Waals surface area (Å²) >= 11 is 3.33. The van der Waals surface area contributed by atoms with Crippen LogP contribution in [-0.4, -0.2) is 12.1 Å². The number of amides is 1. The van der Waals surface area contributed by atoms with Gasteiger partial charge in [-0.1, -0.05) is 46.3 Å². The molecular formula is C16H15BrN2O. The number of hydrogen-bond donors (Lipinski definition) is 1. The van der Waals surface area contributed by atoms with Gasteiger partial charge in [0.1, 0.15) is 0 Å². The van der Waals surface area contributed by atoms with Gasteiger partial charge >= 0.3 is 0 Å². The van der Waals surface area contributed by atoms with Crippen molar-refractivity contribution < 1.29 is 4.79 Å². The van der Waals surface area contributed by atoms with Gasteiger partial charge in [-0.05, 0) is 42.7 Å². The fourth-order valence-corrected chi connectivity index (χ4v) is 1.97. The van der Waals surface area contributed by atoms with Gasteiger partial charge in [0.2, 0.25) is 0 Å². The summed E-state index contributed by atoms with van der Waals surface area (Å²) < 4.78 is 0.945. The van der Waals surface area contributed by atoms with Crippen molar-refractivity contribution in [3.63, 3.8) is 0 Å². The number of halogens is 1. The molecule has 2 aromatic carbocycles. The maximum atomic E-state index is 11.7. The maximum absolute atomic E-state index is 11.7. The highest BCUT2D eigenvalue weighted by Crippen LogP contribution is 2.10. The Labute approximate surface area is 126 Å².